The molecule has 0 radical (unpaired) electrons. The van der Waals surface area contributed by atoms with E-state index < -0.39 is 0 Å². The van der Waals surface area contributed by atoms with Crippen LogP contribution >= 0.6 is 11.6 Å². The first-order valence-electron chi connectivity index (χ1n) is 6.76. The molecule has 0 unspecified atom stereocenters. The number of rotatable bonds is 4. The summed E-state index contributed by atoms with van der Waals surface area (Å²) >= 11 is 6.11. The fourth-order valence-corrected chi connectivity index (χ4v) is 2.07. The Morgan fingerprint density at radius 1 is 0.955 bits per heavy atom. The second-order valence-corrected chi connectivity index (χ2v) is 5.15. The minimum absolute atomic E-state index is 0.404. The number of hydrogen-bond acceptors (Lipinski definition) is 5. The van der Waals surface area contributed by atoms with Crippen LogP contribution in [0.15, 0.2) is 54.7 Å². The normalized spacial score (nSPS) is 10.3. The molecule has 2 N–H and O–H groups in total. The third kappa shape index (κ3) is 3.51. The minimum atomic E-state index is 0.404. The number of benzene rings is 2. The van der Waals surface area contributed by atoms with E-state index in [0.29, 0.717) is 16.8 Å². The van der Waals surface area contributed by atoms with Gasteiger partial charge in [0.25, 0.3) is 0 Å². The van der Waals surface area contributed by atoms with Crippen molar-refractivity contribution in [3.05, 3.63) is 65.3 Å². The largest absolute Gasteiger partial charge is 0.339 e. The Labute approximate surface area is 133 Å². The summed E-state index contributed by atoms with van der Waals surface area (Å²) in [5, 5.41) is 14.9. The Hall–Kier alpha value is -2.66. The first kappa shape index (κ1) is 14.3. The van der Waals surface area contributed by atoms with Crippen LogP contribution in [-0.4, -0.2) is 15.2 Å². The zero-order valence-corrected chi connectivity index (χ0v) is 12.7. The van der Waals surface area contributed by atoms with Crippen LogP contribution < -0.4 is 10.6 Å². The van der Waals surface area contributed by atoms with Gasteiger partial charge in [-0.05, 0) is 36.8 Å². The lowest BCUT2D eigenvalue weighted by atomic mass is 10.2. The smallest absolute Gasteiger partial charge is 0.249 e. The molecule has 3 aromatic rings. The van der Waals surface area contributed by atoms with Gasteiger partial charge in [0.05, 0.1) is 6.20 Å². The fraction of sp³-hybridized carbons (Fsp3) is 0.0625. The molecule has 0 aliphatic rings. The molecule has 3 rings (SSSR count). The van der Waals surface area contributed by atoms with E-state index in [0.717, 1.165) is 16.9 Å². The molecule has 110 valence electrons. The summed E-state index contributed by atoms with van der Waals surface area (Å²) in [4.78, 5) is 4.38. The first-order valence-corrected chi connectivity index (χ1v) is 7.13. The molecule has 6 heteroatoms. The lowest BCUT2D eigenvalue weighted by molar-refractivity contribution is 0.982. The molecule has 0 aliphatic heterocycles. The van der Waals surface area contributed by atoms with Crippen molar-refractivity contribution in [3.8, 4) is 0 Å². The van der Waals surface area contributed by atoms with Crippen molar-refractivity contribution < 1.29 is 0 Å². The summed E-state index contributed by atoms with van der Waals surface area (Å²) < 4.78 is 0. The van der Waals surface area contributed by atoms with Gasteiger partial charge in [0, 0.05) is 16.4 Å². The van der Waals surface area contributed by atoms with Gasteiger partial charge in [-0.25, -0.2) is 0 Å². The maximum absolute atomic E-state index is 6.11. The van der Waals surface area contributed by atoms with E-state index in [4.69, 9.17) is 11.6 Å². The summed E-state index contributed by atoms with van der Waals surface area (Å²) in [5.41, 5.74) is 2.77. The third-order valence-electron chi connectivity index (χ3n) is 3.03. The number of nitrogens with one attached hydrogen (secondary N) is 2. The molecule has 0 saturated carbocycles. The third-order valence-corrected chi connectivity index (χ3v) is 3.44. The second kappa shape index (κ2) is 6.41. The van der Waals surface area contributed by atoms with Gasteiger partial charge in [0.2, 0.25) is 5.95 Å². The van der Waals surface area contributed by atoms with Crippen LogP contribution in [0, 0.1) is 6.92 Å². The molecule has 0 saturated heterocycles. The van der Waals surface area contributed by atoms with Gasteiger partial charge in [-0.15, -0.1) is 5.10 Å². The molecule has 22 heavy (non-hydrogen) atoms. The van der Waals surface area contributed by atoms with Crippen molar-refractivity contribution in [2.24, 2.45) is 0 Å². The topological polar surface area (TPSA) is 62.7 Å². The summed E-state index contributed by atoms with van der Waals surface area (Å²) in [7, 11) is 0. The van der Waals surface area contributed by atoms with Crippen molar-refractivity contribution in [3.63, 3.8) is 0 Å². The predicted molar refractivity (Wildman–Crippen MR) is 89.0 cm³/mol. The first-order chi connectivity index (χ1) is 10.7. The maximum atomic E-state index is 6.11. The highest BCUT2D eigenvalue weighted by atomic mass is 35.5. The highest BCUT2D eigenvalue weighted by molar-refractivity contribution is 6.31. The molecule has 0 spiro atoms. The van der Waals surface area contributed by atoms with E-state index in [2.05, 4.69) is 25.8 Å². The summed E-state index contributed by atoms with van der Waals surface area (Å²) in [6.07, 6.45) is 1.57. The Balaban J connectivity index is 1.77. The standard InChI is InChI=1S/C16H14ClN5/c1-11-7-8-13(9-14(11)17)20-16-21-15(10-18-22-16)19-12-5-3-2-4-6-12/h2-10H,1H3,(H2,19,20,21,22). The zero-order chi connectivity index (χ0) is 15.4. The van der Waals surface area contributed by atoms with E-state index in [9.17, 15) is 0 Å². The molecule has 0 amide bonds. The quantitative estimate of drug-likeness (QED) is 0.751. The number of anilines is 4. The molecule has 1 aromatic heterocycles. The van der Waals surface area contributed by atoms with Crippen LogP contribution in [0.25, 0.3) is 0 Å². The number of aryl methyl sites for hydroxylation is 1. The van der Waals surface area contributed by atoms with Crippen molar-refractivity contribution in [2.45, 2.75) is 6.92 Å². The predicted octanol–water partition coefficient (Wildman–Crippen LogP) is 4.32. The Kier molecular flexibility index (Phi) is 4.16. The molecule has 0 bridgehead atoms. The van der Waals surface area contributed by atoms with E-state index in [1.54, 1.807) is 6.20 Å². The molecule has 1 heterocycles. The maximum Gasteiger partial charge on any atom is 0.249 e. The van der Waals surface area contributed by atoms with Crippen molar-refractivity contribution in [1.82, 2.24) is 15.2 Å². The molecular formula is C16H14ClN5. The van der Waals surface area contributed by atoms with Crippen LogP contribution in [0.2, 0.25) is 5.02 Å². The number of hydrogen-bond donors (Lipinski definition) is 2. The van der Waals surface area contributed by atoms with Gasteiger partial charge in [0.15, 0.2) is 5.82 Å². The summed E-state index contributed by atoms with van der Waals surface area (Å²) in [6, 6.07) is 15.4. The minimum Gasteiger partial charge on any atom is -0.339 e. The lowest BCUT2D eigenvalue weighted by Gasteiger charge is -2.08. The summed E-state index contributed by atoms with van der Waals surface area (Å²) in [5.74, 6) is 1.02. The number of aromatic nitrogens is 3. The second-order valence-electron chi connectivity index (χ2n) is 4.75. The van der Waals surface area contributed by atoms with Crippen LogP contribution in [0.3, 0.4) is 0 Å². The molecular weight excluding hydrogens is 298 g/mol. The number of nitrogens with zero attached hydrogens (tertiary/aromatic N) is 3. The van der Waals surface area contributed by atoms with E-state index in [1.807, 2.05) is 55.5 Å². The monoisotopic (exact) mass is 311 g/mol. The van der Waals surface area contributed by atoms with Gasteiger partial charge >= 0.3 is 0 Å². The number of para-hydroxylation sites is 1. The fourth-order valence-electron chi connectivity index (χ4n) is 1.89. The van der Waals surface area contributed by atoms with Crippen LogP contribution in [0.1, 0.15) is 5.56 Å². The van der Waals surface area contributed by atoms with Gasteiger partial charge in [-0.2, -0.15) is 10.1 Å². The van der Waals surface area contributed by atoms with Crippen LogP contribution in [0.5, 0.6) is 0 Å². The van der Waals surface area contributed by atoms with Crippen molar-refractivity contribution in [1.29, 1.82) is 0 Å². The van der Waals surface area contributed by atoms with Gasteiger partial charge < -0.3 is 10.6 Å². The number of halogens is 1. The Morgan fingerprint density at radius 3 is 2.55 bits per heavy atom. The molecule has 5 nitrogen and oxygen atoms in total. The Morgan fingerprint density at radius 2 is 1.77 bits per heavy atom. The van der Waals surface area contributed by atoms with Crippen LogP contribution in [0.4, 0.5) is 23.1 Å². The Bertz CT molecular complexity index is 776. The average molecular weight is 312 g/mol. The van der Waals surface area contributed by atoms with E-state index in [-0.39, 0.29) is 0 Å². The highest BCUT2D eigenvalue weighted by Crippen LogP contribution is 2.22. The zero-order valence-electron chi connectivity index (χ0n) is 11.9. The summed E-state index contributed by atoms with van der Waals surface area (Å²) in [6.45, 7) is 1.95. The SMILES string of the molecule is Cc1ccc(Nc2nncc(Nc3ccccc3)n2)cc1Cl. The highest BCUT2D eigenvalue weighted by Gasteiger charge is 2.03. The van der Waals surface area contributed by atoms with Crippen molar-refractivity contribution >= 4 is 34.7 Å². The molecule has 2 aromatic carbocycles. The van der Waals surface area contributed by atoms with E-state index in [1.165, 1.54) is 0 Å². The van der Waals surface area contributed by atoms with Gasteiger partial charge in [-0.1, -0.05) is 35.9 Å². The molecule has 0 fully saturated rings. The lowest BCUT2D eigenvalue weighted by Crippen LogP contribution is -2.02. The molecule has 0 atom stereocenters. The van der Waals surface area contributed by atoms with Gasteiger partial charge in [0.1, 0.15) is 0 Å². The van der Waals surface area contributed by atoms with E-state index >= 15 is 0 Å². The average Bonchev–Trinajstić information content (AvgIpc) is 2.52. The van der Waals surface area contributed by atoms with Crippen LogP contribution in [-0.2, 0) is 0 Å². The van der Waals surface area contributed by atoms with Crippen molar-refractivity contribution in [2.75, 3.05) is 10.6 Å². The molecule has 0 aliphatic carbocycles. The van der Waals surface area contributed by atoms with Gasteiger partial charge in [-0.3, -0.25) is 0 Å².